The number of hydrogen-bond donors (Lipinski definition) is 1. The van der Waals surface area contributed by atoms with Crippen LogP contribution in [0.5, 0.6) is 0 Å². The van der Waals surface area contributed by atoms with Crippen molar-refractivity contribution in [2.24, 2.45) is 5.73 Å². The van der Waals surface area contributed by atoms with Gasteiger partial charge in [-0.2, -0.15) is 4.31 Å². The maximum absolute atomic E-state index is 12.1. The van der Waals surface area contributed by atoms with Gasteiger partial charge in [-0.3, -0.25) is 0 Å². The fourth-order valence-electron chi connectivity index (χ4n) is 1.33. The summed E-state index contributed by atoms with van der Waals surface area (Å²) >= 11 is 4.73. The Balaban J connectivity index is 2.90. The quantitative estimate of drug-likeness (QED) is 0.788. The van der Waals surface area contributed by atoms with Crippen molar-refractivity contribution in [1.82, 2.24) is 4.31 Å². The summed E-state index contributed by atoms with van der Waals surface area (Å²) in [6.07, 6.45) is 1.51. The highest BCUT2D eigenvalue weighted by Crippen LogP contribution is 2.14. The van der Waals surface area contributed by atoms with Crippen LogP contribution in [0.4, 0.5) is 0 Å². The van der Waals surface area contributed by atoms with Crippen LogP contribution in [0, 0.1) is 0 Å². The van der Waals surface area contributed by atoms with E-state index in [-0.39, 0.29) is 11.5 Å². The fourth-order valence-corrected chi connectivity index (χ4v) is 3.10. The first-order valence-electron chi connectivity index (χ1n) is 5.20. The van der Waals surface area contributed by atoms with Gasteiger partial charge in [-0.15, -0.1) is 0 Å². The van der Waals surface area contributed by atoms with E-state index in [9.17, 15) is 8.42 Å². The van der Waals surface area contributed by atoms with Crippen molar-refractivity contribution in [3.05, 3.63) is 24.2 Å². The van der Waals surface area contributed by atoms with Crippen LogP contribution in [-0.4, -0.2) is 29.5 Å². The van der Waals surface area contributed by atoms with Crippen molar-refractivity contribution in [2.75, 3.05) is 6.54 Å². The molecule has 0 fully saturated rings. The van der Waals surface area contributed by atoms with Gasteiger partial charge in [0.1, 0.15) is 11.0 Å². The predicted octanol–water partition coefficient (Wildman–Crippen LogP) is 1.11. The van der Waals surface area contributed by atoms with Gasteiger partial charge >= 0.3 is 0 Å². The Labute approximate surface area is 107 Å². The molecule has 0 aromatic carbocycles. The zero-order chi connectivity index (χ0) is 13.1. The van der Waals surface area contributed by atoms with E-state index in [1.807, 2.05) is 0 Å². The van der Waals surface area contributed by atoms with Crippen LogP contribution < -0.4 is 5.73 Å². The molecule has 0 saturated carbocycles. The van der Waals surface area contributed by atoms with E-state index in [0.717, 1.165) is 0 Å². The minimum atomic E-state index is -3.52. The molecule has 2 N–H and O–H groups in total. The van der Waals surface area contributed by atoms with Gasteiger partial charge in [0.15, 0.2) is 0 Å². The minimum Gasteiger partial charge on any atom is -0.468 e. The Morgan fingerprint density at radius 3 is 2.71 bits per heavy atom. The van der Waals surface area contributed by atoms with Gasteiger partial charge in [0.2, 0.25) is 10.0 Å². The molecule has 0 aliphatic heterocycles. The van der Waals surface area contributed by atoms with Crippen LogP contribution in [0.3, 0.4) is 0 Å². The molecule has 96 valence electrons. The van der Waals surface area contributed by atoms with Gasteiger partial charge in [0.05, 0.1) is 17.8 Å². The number of sulfonamides is 1. The Bertz CT molecular complexity index is 468. The minimum absolute atomic E-state index is 0.0251. The first-order valence-corrected chi connectivity index (χ1v) is 7.11. The first kappa shape index (κ1) is 14.1. The number of rotatable bonds is 6. The maximum atomic E-state index is 12.1. The normalized spacial score (nSPS) is 13.8. The van der Waals surface area contributed by atoms with Crippen LogP contribution in [-0.2, 0) is 16.6 Å². The molecule has 0 bridgehead atoms. The van der Waals surface area contributed by atoms with E-state index < -0.39 is 15.3 Å². The molecule has 0 radical (unpaired) electrons. The highest BCUT2D eigenvalue weighted by Gasteiger charge is 2.30. The first-order chi connectivity index (χ1) is 7.89. The van der Waals surface area contributed by atoms with E-state index >= 15 is 0 Å². The lowest BCUT2D eigenvalue weighted by Crippen LogP contribution is -2.42. The van der Waals surface area contributed by atoms with Crippen LogP contribution >= 0.6 is 12.2 Å². The summed E-state index contributed by atoms with van der Waals surface area (Å²) in [5.41, 5.74) is 5.39. The van der Waals surface area contributed by atoms with E-state index in [2.05, 4.69) is 0 Å². The third-order valence-corrected chi connectivity index (χ3v) is 5.23. The fraction of sp³-hybridized carbons (Fsp3) is 0.500. The number of nitrogens with two attached hydrogens (primary N) is 1. The Morgan fingerprint density at radius 1 is 1.65 bits per heavy atom. The largest absolute Gasteiger partial charge is 0.468 e. The molecular formula is C10H16N2O3S2. The Hall–Kier alpha value is -0.920. The summed E-state index contributed by atoms with van der Waals surface area (Å²) < 4.78 is 30.7. The molecule has 0 aliphatic rings. The molecule has 1 aromatic heterocycles. The van der Waals surface area contributed by atoms with Crippen LogP contribution in [0.25, 0.3) is 0 Å². The zero-order valence-electron chi connectivity index (χ0n) is 9.79. The second-order valence-electron chi connectivity index (χ2n) is 3.60. The third-order valence-electron chi connectivity index (χ3n) is 2.47. The number of thiocarbonyl (C=S) groups is 1. The maximum Gasteiger partial charge on any atom is 0.223 e. The molecule has 17 heavy (non-hydrogen) atoms. The van der Waals surface area contributed by atoms with Gasteiger partial charge in [-0.1, -0.05) is 19.1 Å². The van der Waals surface area contributed by atoms with Crippen LogP contribution in [0.2, 0.25) is 0 Å². The molecule has 1 atom stereocenters. The standard InChI is InChI=1S/C10H16N2O3S2/c1-3-12(7-9-5-4-6-15-9)17(13,14)8(2)10(11)16/h4-6,8H,3,7H2,1-2H3,(H2,11,16). The smallest absolute Gasteiger partial charge is 0.223 e. The topological polar surface area (TPSA) is 76.5 Å². The van der Waals surface area contributed by atoms with Crippen molar-refractivity contribution in [1.29, 1.82) is 0 Å². The van der Waals surface area contributed by atoms with Crippen molar-refractivity contribution in [2.45, 2.75) is 25.6 Å². The second kappa shape index (κ2) is 5.61. The molecular weight excluding hydrogens is 260 g/mol. The van der Waals surface area contributed by atoms with Crippen LogP contribution in [0.1, 0.15) is 19.6 Å². The highest BCUT2D eigenvalue weighted by molar-refractivity contribution is 7.92. The average Bonchev–Trinajstić information content (AvgIpc) is 2.76. The van der Waals surface area contributed by atoms with Gasteiger partial charge in [-0.25, -0.2) is 8.42 Å². The molecule has 1 rings (SSSR count). The second-order valence-corrected chi connectivity index (χ2v) is 6.32. The Kier molecular flexibility index (Phi) is 4.67. The van der Waals surface area contributed by atoms with Gasteiger partial charge in [0.25, 0.3) is 0 Å². The Morgan fingerprint density at radius 2 is 2.29 bits per heavy atom. The van der Waals surface area contributed by atoms with Crippen molar-refractivity contribution >= 4 is 27.2 Å². The molecule has 1 heterocycles. The zero-order valence-corrected chi connectivity index (χ0v) is 11.4. The molecule has 0 aliphatic carbocycles. The lowest BCUT2D eigenvalue weighted by molar-refractivity contribution is 0.374. The SMILES string of the molecule is CCN(Cc1ccco1)S(=O)(=O)C(C)C(N)=S. The van der Waals surface area contributed by atoms with Gasteiger partial charge in [-0.05, 0) is 19.1 Å². The number of nitrogens with zero attached hydrogens (tertiary/aromatic N) is 1. The predicted molar refractivity (Wildman–Crippen MR) is 70.0 cm³/mol. The summed E-state index contributed by atoms with van der Waals surface area (Å²) in [6.45, 7) is 3.78. The highest BCUT2D eigenvalue weighted by atomic mass is 32.2. The average molecular weight is 276 g/mol. The summed E-state index contributed by atoms with van der Waals surface area (Å²) in [7, 11) is -3.52. The molecule has 0 saturated heterocycles. The van der Waals surface area contributed by atoms with E-state index in [4.69, 9.17) is 22.4 Å². The molecule has 0 amide bonds. The van der Waals surface area contributed by atoms with E-state index in [0.29, 0.717) is 12.3 Å². The molecule has 7 heteroatoms. The lowest BCUT2D eigenvalue weighted by atomic mass is 10.4. The third kappa shape index (κ3) is 3.27. The molecule has 1 aromatic rings. The van der Waals surface area contributed by atoms with E-state index in [1.54, 1.807) is 19.1 Å². The summed E-state index contributed by atoms with van der Waals surface area (Å²) in [5.74, 6) is 0.588. The number of furan rings is 1. The van der Waals surface area contributed by atoms with Crippen molar-refractivity contribution in [3.8, 4) is 0 Å². The molecule has 5 nitrogen and oxygen atoms in total. The van der Waals surface area contributed by atoms with Crippen molar-refractivity contribution in [3.63, 3.8) is 0 Å². The summed E-state index contributed by atoms with van der Waals surface area (Å²) in [6, 6.07) is 3.44. The molecule has 0 spiro atoms. The summed E-state index contributed by atoms with van der Waals surface area (Å²) in [4.78, 5) is -0.0251. The number of hydrogen-bond acceptors (Lipinski definition) is 4. The van der Waals surface area contributed by atoms with Crippen molar-refractivity contribution < 1.29 is 12.8 Å². The molecule has 1 unspecified atom stereocenters. The van der Waals surface area contributed by atoms with Crippen LogP contribution in [0.15, 0.2) is 22.8 Å². The monoisotopic (exact) mass is 276 g/mol. The van der Waals surface area contributed by atoms with Gasteiger partial charge < -0.3 is 10.2 Å². The summed E-state index contributed by atoms with van der Waals surface area (Å²) in [5, 5.41) is -0.868. The van der Waals surface area contributed by atoms with E-state index in [1.165, 1.54) is 17.5 Å². The van der Waals surface area contributed by atoms with Gasteiger partial charge in [0, 0.05) is 6.54 Å². The lowest BCUT2D eigenvalue weighted by Gasteiger charge is -2.23.